The molecular weight excluding hydrogens is 232 g/mol. The maximum atomic E-state index is 5.88. The quantitative estimate of drug-likeness (QED) is 0.838. The van der Waals surface area contributed by atoms with Crippen LogP contribution < -0.4 is 5.32 Å². The van der Waals surface area contributed by atoms with E-state index in [2.05, 4.69) is 29.4 Å². The lowest BCUT2D eigenvalue weighted by atomic mass is 10.1. The zero-order valence-corrected chi connectivity index (χ0v) is 11.4. The van der Waals surface area contributed by atoms with Crippen LogP contribution in [0.5, 0.6) is 0 Å². The lowest BCUT2D eigenvalue weighted by molar-refractivity contribution is 0.252. The van der Waals surface area contributed by atoms with Crippen LogP contribution in [0.3, 0.4) is 0 Å². The number of rotatable bonds is 6. The summed E-state index contributed by atoms with van der Waals surface area (Å²) >= 11 is 5.88. The molecule has 0 aromatic heterocycles. The Balaban J connectivity index is 1.85. The van der Waals surface area contributed by atoms with Crippen LogP contribution in [0.1, 0.15) is 18.4 Å². The van der Waals surface area contributed by atoms with Crippen LogP contribution in [0.4, 0.5) is 0 Å². The summed E-state index contributed by atoms with van der Waals surface area (Å²) in [6.45, 7) is 3.32. The van der Waals surface area contributed by atoms with Crippen molar-refractivity contribution >= 4 is 11.6 Å². The summed E-state index contributed by atoms with van der Waals surface area (Å²) < 4.78 is 0. The Bertz CT molecular complexity index is 357. The molecule has 0 bridgehead atoms. The smallest absolute Gasteiger partial charge is 0.0406 e. The van der Waals surface area contributed by atoms with Gasteiger partial charge in [0.1, 0.15) is 0 Å². The molecule has 0 amide bonds. The van der Waals surface area contributed by atoms with E-state index in [1.807, 2.05) is 19.2 Å². The topological polar surface area (TPSA) is 15.3 Å². The summed E-state index contributed by atoms with van der Waals surface area (Å²) in [5.74, 6) is 0. The Hall–Kier alpha value is -0.570. The second-order valence-corrected chi connectivity index (χ2v) is 5.77. The average Bonchev–Trinajstić information content (AvgIpc) is 3.02. The molecule has 0 saturated heterocycles. The third kappa shape index (κ3) is 3.70. The molecule has 1 aliphatic carbocycles. The molecule has 1 N–H and O–H groups in total. The first-order valence-corrected chi connectivity index (χ1v) is 6.59. The van der Waals surface area contributed by atoms with Gasteiger partial charge < -0.3 is 10.2 Å². The summed E-state index contributed by atoms with van der Waals surface area (Å²) in [5, 5.41) is 4.11. The summed E-state index contributed by atoms with van der Waals surface area (Å²) in [6.07, 6.45) is 2.72. The van der Waals surface area contributed by atoms with E-state index in [1.165, 1.54) is 24.9 Å². The minimum Gasteiger partial charge on any atom is -0.319 e. The van der Waals surface area contributed by atoms with E-state index < -0.39 is 0 Å². The van der Waals surface area contributed by atoms with Crippen LogP contribution in [0, 0.1) is 5.41 Å². The molecule has 94 valence electrons. The van der Waals surface area contributed by atoms with Crippen molar-refractivity contribution < 1.29 is 0 Å². The van der Waals surface area contributed by atoms with Crippen LogP contribution in [-0.2, 0) is 6.54 Å². The standard InChI is InChI=1S/C14H21ClN2/c1-16-10-14(7-8-14)11-17(2)9-12-3-5-13(15)6-4-12/h3-6,16H,7-11H2,1-2H3. The van der Waals surface area contributed by atoms with Crippen molar-refractivity contribution in [2.45, 2.75) is 19.4 Å². The fourth-order valence-electron chi connectivity index (χ4n) is 2.47. The van der Waals surface area contributed by atoms with Crippen molar-refractivity contribution in [3.63, 3.8) is 0 Å². The molecule has 0 aliphatic heterocycles. The Labute approximate surface area is 109 Å². The fourth-order valence-corrected chi connectivity index (χ4v) is 2.60. The highest BCUT2D eigenvalue weighted by Crippen LogP contribution is 2.45. The fraction of sp³-hybridized carbons (Fsp3) is 0.571. The van der Waals surface area contributed by atoms with Crippen molar-refractivity contribution in [2.24, 2.45) is 5.41 Å². The first kappa shape index (κ1) is 12.9. The highest BCUT2D eigenvalue weighted by Gasteiger charge is 2.42. The number of nitrogens with one attached hydrogen (secondary N) is 1. The van der Waals surface area contributed by atoms with Crippen LogP contribution in [0.2, 0.25) is 5.02 Å². The van der Waals surface area contributed by atoms with Gasteiger partial charge in [0.25, 0.3) is 0 Å². The maximum absolute atomic E-state index is 5.88. The number of halogens is 1. The van der Waals surface area contributed by atoms with Crippen molar-refractivity contribution in [3.05, 3.63) is 34.9 Å². The lowest BCUT2D eigenvalue weighted by Gasteiger charge is -2.23. The first-order valence-electron chi connectivity index (χ1n) is 6.21. The van der Waals surface area contributed by atoms with Gasteiger partial charge >= 0.3 is 0 Å². The largest absolute Gasteiger partial charge is 0.319 e. The molecule has 0 atom stereocenters. The Morgan fingerprint density at radius 2 is 1.94 bits per heavy atom. The van der Waals surface area contributed by atoms with Gasteiger partial charge in [0.2, 0.25) is 0 Å². The predicted molar refractivity (Wildman–Crippen MR) is 73.4 cm³/mol. The molecule has 1 fully saturated rings. The van der Waals surface area contributed by atoms with Gasteiger partial charge in [-0.15, -0.1) is 0 Å². The second kappa shape index (κ2) is 5.38. The molecule has 1 aromatic carbocycles. The van der Waals surface area contributed by atoms with Gasteiger partial charge in [-0.1, -0.05) is 23.7 Å². The predicted octanol–water partition coefficient (Wildman–Crippen LogP) is 2.77. The van der Waals surface area contributed by atoms with E-state index in [1.54, 1.807) is 0 Å². The third-order valence-corrected chi connectivity index (χ3v) is 3.73. The molecule has 1 saturated carbocycles. The van der Waals surface area contributed by atoms with Gasteiger partial charge in [-0.05, 0) is 50.0 Å². The lowest BCUT2D eigenvalue weighted by Crippen LogP contribution is -2.32. The van der Waals surface area contributed by atoms with Gasteiger partial charge in [0.05, 0.1) is 0 Å². The molecule has 0 heterocycles. The van der Waals surface area contributed by atoms with E-state index in [4.69, 9.17) is 11.6 Å². The normalized spacial score (nSPS) is 17.4. The van der Waals surface area contributed by atoms with Gasteiger partial charge in [0, 0.05) is 24.7 Å². The van der Waals surface area contributed by atoms with Crippen molar-refractivity contribution in [2.75, 3.05) is 27.2 Å². The monoisotopic (exact) mass is 252 g/mol. The molecule has 0 unspecified atom stereocenters. The summed E-state index contributed by atoms with van der Waals surface area (Å²) in [4.78, 5) is 2.41. The van der Waals surface area contributed by atoms with Gasteiger partial charge in [-0.3, -0.25) is 0 Å². The summed E-state index contributed by atoms with van der Waals surface area (Å²) in [7, 11) is 4.24. The minimum absolute atomic E-state index is 0.538. The molecule has 2 rings (SSSR count). The van der Waals surface area contributed by atoms with Crippen LogP contribution >= 0.6 is 11.6 Å². The molecular formula is C14H21ClN2. The molecule has 2 nitrogen and oxygen atoms in total. The Morgan fingerprint density at radius 3 is 2.47 bits per heavy atom. The van der Waals surface area contributed by atoms with E-state index >= 15 is 0 Å². The van der Waals surface area contributed by atoms with Crippen LogP contribution in [0.15, 0.2) is 24.3 Å². The van der Waals surface area contributed by atoms with Crippen molar-refractivity contribution in [1.29, 1.82) is 0 Å². The SMILES string of the molecule is CNCC1(CN(C)Cc2ccc(Cl)cc2)CC1. The van der Waals surface area contributed by atoms with E-state index in [0.29, 0.717) is 5.41 Å². The van der Waals surface area contributed by atoms with Crippen LogP contribution in [-0.4, -0.2) is 32.1 Å². The number of nitrogens with zero attached hydrogens (tertiary/aromatic N) is 1. The molecule has 3 heteroatoms. The molecule has 0 radical (unpaired) electrons. The Kier molecular flexibility index (Phi) is 4.08. The summed E-state index contributed by atoms with van der Waals surface area (Å²) in [6, 6.07) is 8.14. The Morgan fingerprint density at radius 1 is 1.29 bits per heavy atom. The van der Waals surface area contributed by atoms with Gasteiger partial charge in [-0.25, -0.2) is 0 Å². The first-order chi connectivity index (χ1) is 8.13. The van der Waals surface area contributed by atoms with Gasteiger partial charge in [-0.2, -0.15) is 0 Å². The average molecular weight is 253 g/mol. The highest BCUT2D eigenvalue weighted by molar-refractivity contribution is 6.30. The zero-order chi connectivity index (χ0) is 12.3. The highest BCUT2D eigenvalue weighted by atomic mass is 35.5. The van der Waals surface area contributed by atoms with E-state index in [-0.39, 0.29) is 0 Å². The third-order valence-electron chi connectivity index (χ3n) is 3.48. The number of hydrogen-bond acceptors (Lipinski definition) is 2. The zero-order valence-electron chi connectivity index (χ0n) is 10.7. The van der Waals surface area contributed by atoms with Crippen molar-refractivity contribution in [3.8, 4) is 0 Å². The summed E-state index contributed by atoms with van der Waals surface area (Å²) in [5.41, 5.74) is 1.87. The van der Waals surface area contributed by atoms with Crippen molar-refractivity contribution in [1.82, 2.24) is 10.2 Å². The molecule has 0 spiro atoms. The minimum atomic E-state index is 0.538. The molecule has 1 aliphatic rings. The number of benzene rings is 1. The molecule has 1 aromatic rings. The number of hydrogen-bond donors (Lipinski definition) is 1. The maximum Gasteiger partial charge on any atom is 0.0406 e. The van der Waals surface area contributed by atoms with E-state index in [0.717, 1.165) is 18.1 Å². The van der Waals surface area contributed by atoms with Gasteiger partial charge in [0.15, 0.2) is 0 Å². The van der Waals surface area contributed by atoms with E-state index in [9.17, 15) is 0 Å². The second-order valence-electron chi connectivity index (χ2n) is 5.33. The molecule has 17 heavy (non-hydrogen) atoms. The van der Waals surface area contributed by atoms with Crippen LogP contribution in [0.25, 0.3) is 0 Å².